The molecule has 0 aliphatic rings. The normalized spacial score (nSPS) is 14.5. The molecule has 4 N–H and O–H groups in total. The Morgan fingerprint density at radius 3 is 1.76 bits per heavy atom. The van der Waals surface area contributed by atoms with E-state index in [4.69, 9.17) is 13.8 Å². The molecule has 3 unspecified atom stereocenters. The molecule has 50 heavy (non-hydrogen) atoms. The van der Waals surface area contributed by atoms with Crippen molar-refractivity contribution in [2.75, 3.05) is 19.8 Å². The first-order valence-electron chi connectivity index (χ1n) is 18.7. The number of unbranched alkanes of at least 4 members (excludes halogenated alkanes) is 12. The number of rotatable bonds is 34. The Kier molecular flexibility index (Phi) is 31.9. The minimum absolute atomic E-state index is 0.132. The van der Waals surface area contributed by atoms with Crippen LogP contribution in [0.15, 0.2) is 48.6 Å². The molecule has 1 amide bonds. The van der Waals surface area contributed by atoms with Crippen molar-refractivity contribution in [3.05, 3.63) is 48.6 Å². The van der Waals surface area contributed by atoms with Gasteiger partial charge in [-0.2, -0.15) is 0 Å². The summed E-state index contributed by atoms with van der Waals surface area (Å²) in [7, 11) is -4.75. The van der Waals surface area contributed by atoms with Crippen molar-refractivity contribution < 1.29 is 47.8 Å². The van der Waals surface area contributed by atoms with Gasteiger partial charge in [0.25, 0.3) is 0 Å². The van der Waals surface area contributed by atoms with Crippen LogP contribution < -0.4 is 5.32 Å². The van der Waals surface area contributed by atoms with E-state index in [1.807, 2.05) is 0 Å². The van der Waals surface area contributed by atoms with Gasteiger partial charge in [-0.25, -0.2) is 9.36 Å². The van der Waals surface area contributed by atoms with E-state index >= 15 is 0 Å². The Labute approximate surface area is 301 Å². The number of ether oxygens (including phenoxy) is 1. The number of phosphoric acid groups is 1. The summed E-state index contributed by atoms with van der Waals surface area (Å²) in [6.45, 7) is 2.38. The zero-order valence-corrected chi connectivity index (χ0v) is 31.6. The molecule has 0 fully saturated rings. The number of hydrogen-bond acceptors (Lipinski definition) is 8. The molecule has 0 aromatic carbocycles. The van der Waals surface area contributed by atoms with E-state index in [9.17, 15) is 34.1 Å². The molecule has 0 aliphatic carbocycles. The smallest absolute Gasteiger partial charge is 0.472 e. The fraction of sp³-hybridized carbons (Fsp3) is 0.711. The van der Waals surface area contributed by atoms with Gasteiger partial charge < -0.3 is 25.2 Å². The first-order valence-corrected chi connectivity index (χ1v) is 20.2. The molecular weight excluding hydrogens is 661 g/mol. The van der Waals surface area contributed by atoms with Crippen molar-refractivity contribution in [3.63, 3.8) is 0 Å². The maximum absolute atomic E-state index is 12.2. The molecule has 0 rings (SSSR count). The summed E-state index contributed by atoms with van der Waals surface area (Å²) in [5.74, 6) is -2.41. The molecule has 0 aromatic heterocycles. The molecule has 11 nitrogen and oxygen atoms in total. The fourth-order valence-corrected chi connectivity index (χ4v) is 5.43. The number of aliphatic hydroxyl groups excluding tert-OH is 1. The summed E-state index contributed by atoms with van der Waals surface area (Å²) in [6.07, 6.45) is 34.3. The topological polar surface area (TPSA) is 169 Å². The maximum Gasteiger partial charge on any atom is 0.472 e. The summed E-state index contributed by atoms with van der Waals surface area (Å²) in [6, 6.07) is -1.55. The summed E-state index contributed by atoms with van der Waals surface area (Å²) >= 11 is 0. The van der Waals surface area contributed by atoms with Gasteiger partial charge in [-0.3, -0.25) is 18.6 Å². The van der Waals surface area contributed by atoms with Gasteiger partial charge in [-0.15, -0.1) is 0 Å². The summed E-state index contributed by atoms with van der Waals surface area (Å²) in [5, 5.41) is 21.7. The predicted molar refractivity (Wildman–Crippen MR) is 199 cm³/mol. The molecule has 0 saturated carbocycles. The van der Waals surface area contributed by atoms with Crippen LogP contribution in [0.25, 0.3) is 0 Å². The lowest BCUT2D eigenvalue weighted by Crippen LogP contribution is -2.43. The van der Waals surface area contributed by atoms with E-state index < -0.39 is 57.6 Å². The van der Waals surface area contributed by atoms with Gasteiger partial charge in [-0.1, -0.05) is 114 Å². The number of aliphatic carboxylic acids is 1. The largest absolute Gasteiger partial charge is 0.480 e. The average molecular weight is 728 g/mol. The third-order valence-corrected chi connectivity index (χ3v) is 8.55. The summed E-state index contributed by atoms with van der Waals surface area (Å²) in [5.41, 5.74) is 0. The number of hydrogen-bond donors (Lipinski definition) is 4. The number of phosphoric ester groups is 1. The molecule has 0 aromatic rings. The molecule has 12 heteroatoms. The van der Waals surface area contributed by atoms with Gasteiger partial charge in [0.15, 0.2) is 6.04 Å². The van der Waals surface area contributed by atoms with Gasteiger partial charge in [0, 0.05) is 12.8 Å². The van der Waals surface area contributed by atoms with Gasteiger partial charge in [0.05, 0.1) is 13.2 Å². The number of nitrogens with one attached hydrogen (secondary N) is 1. The monoisotopic (exact) mass is 727 g/mol. The molecule has 0 heterocycles. The van der Waals surface area contributed by atoms with Gasteiger partial charge >= 0.3 is 19.8 Å². The highest BCUT2D eigenvalue weighted by atomic mass is 31.2. The van der Waals surface area contributed by atoms with Crippen molar-refractivity contribution in [1.82, 2.24) is 5.32 Å². The van der Waals surface area contributed by atoms with E-state index in [1.165, 1.54) is 12.8 Å². The van der Waals surface area contributed by atoms with Crippen LogP contribution in [0.5, 0.6) is 0 Å². The highest BCUT2D eigenvalue weighted by Gasteiger charge is 2.28. The number of carbonyl (C=O) groups is 3. The van der Waals surface area contributed by atoms with Crippen LogP contribution in [-0.4, -0.2) is 64.9 Å². The Balaban J connectivity index is 4.00. The molecule has 0 aliphatic heterocycles. The van der Waals surface area contributed by atoms with Crippen molar-refractivity contribution >= 4 is 25.7 Å². The van der Waals surface area contributed by atoms with Crippen molar-refractivity contribution in [2.45, 2.75) is 154 Å². The molecule has 3 atom stereocenters. The van der Waals surface area contributed by atoms with E-state index in [1.54, 1.807) is 0 Å². The number of aliphatic hydroxyl groups is 1. The number of amides is 1. The van der Waals surface area contributed by atoms with Crippen LogP contribution in [0.3, 0.4) is 0 Å². The van der Waals surface area contributed by atoms with E-state index in [0.29, 0.717) is 12.8 Å². The average Bonchev–Trinajstić information content (AvgIpc) is 3.08. The van der Waals surface area contributed by atoms with Crippen LogP contribution in [0.4, 0.5) is 0 Å². The first-order chi connectivity index (χ1) is 24.1. The second kappa shape index (κ2) is 33.6. The van der Waals surface area contributed by atoms with E-state index in [-0.39, 0.29) is 12.8 Å². The van der Waals surface area contributed by atoms with Crippen LogP contribution >= 0.6 is 7.82 Å². The van der Waals surface area contributed by atoms with E-state index in [0.717, 1.165) is 89.9 Å². The zero-order valence-electron chi connectivity index (χ0n) is 30.7. The molecule has 0 radical (unpaired) electrons. The lowest BCUT2D eigenvalue weighted by molar-refractivity contribution is -0.147. The fourth-order valence-electron chi connectivity index (χ4n) is 4.66. The summed E-state index contributed by atoms with van der Waals surface area (Å²) < 4.78 is 26.7. The second-order valence-corrected chi connectivity index (χ2v) is 13.8. The lowest BCUT2D eigenvalue weighted by atomic mass is 10.1. The van der Waals surface area contributed by atoms with Crippen molar-refractivity contribution in [3.8, 4) is 0 Å². The molecule has 0 bridgehead atoms. The first kappa shape index (κ1) is 47.4. The second-order valence-electron chi connectivity index (χ2n) is 12.4. The maximum atomic E-state index is 12.2. The highest BCUT2D eigenvalue weighted by Crippen LogP contribution is 2.43. The van der Waals surface area contributed by atoms with E-state index in [2.05, 4.69) is 67.8 Å². The summed E-state index contributed by atoms with van der Waals surface area (Å²) in [4.78, 5) is 45.6. The quantitative estimate of drug-likeness (QED) is 0.0218. The number of carbonyl (C=O) groups excluding carboxylic acids is 2. The van der Waals surface area contributed by atoms with Crippen LogP contribution in [-0.2, 0) is 32.7 Å². The van der Waals surface area contributed by atoms with Gasteiger partial charge in [0.2, 0.25) is 5.91 Å². The zero-order chi connectivity index (χ0) is 37.1. The Morgan fingerprint density at radius 1 is 0.660 bits per heavy atom. The number of carboxylic acid groups (broad SMARTS) is 1. The minimum Gasteiger partial charge on any atom is -0.480 e. The SMILES string of the molecule is CC/C=C\C/C=C\C/C=C\CCCCCCCC(=O)OCC(O)COP(=O)(O)OCC(NC(=O)CCCCCCC/C=C\CCCC)C(=O)O. The number of carboxylic acids is 1. The number of allylic oxidation sites excluding steroid dienone is 8. The predicted octanol–water partition coefficient (Wildman–Crippen LogP) is 8.66. The molecular formula is C38H66NO10P. The van der Waals surface area contributed by atoms with Crippen molar-refractivity contribution in [1.29, 1.82) is 0 Å². The Morgan fingerprint density at radius 2 is 1.16 bits per heavy atom. The molecule has 0 saturated heterocycles. The minimum atomic E-state index is -4.75. The standard InChI is InChI=1S/C38H66NO10P/c1-3-5-7-9-11-13-15-16-17-18-20-22-24-26-28-30-37(42)47-31-34(40)32-48-50(45,46)49-33-35(38(43)44)39-36(41)29-27-25-23-21-19-14-12-10-8-6-4-2/h5,7,10-13,16-17,34-35,40H,3-4,6,8-9,14-15,18-33H2,1-2H3,(H,39,41)(H,43,44)(H,45,46)/b7-5-,12-10-,13-11-,17-16-. The molecule has 0 spiro atoms. The van der Waals surface area contributed by atoms with Gasteiger partial charge in [-0.05, 0) is 64.2 Å². The van der Waals surface area contributed by atoms with Crippen molar-refractivity contribution in [2.24, 2.45) is 0 Å². The Bertz CT molecular complexity index is 1040. The Hall–Kier alpha value is -2.56. The third kappa shape index (κ3) is 32.6. The third-order valence-electron chi connectivity index (χ3n) is 7.60. The van der Waals surface area contributed by atoms with Gasteiger partial charge in [0.1, 0.15) is 12.7 Å². The van der Waals surface area contributed by atoms with Crippen LogP contribution in [0.2, 0.25) is 0 Å². The lowest BCUT2D eigenvalue weighted by Gasteiger charge is -2.18. The number of esters is 1. The molecule has 288 valence electrons. The van der Waals surface area contributed by atoms with Crippen LogP contribution in [0, 0.1) is 0 Å². The highest BCUT2D eigenvalue weighted by molar-refractivity contribution is 7.47. The van der Waals surface area contributed by atoms with Crippen LogP contribution in [0.1, 0.15) is 142 Å².